The van der Waals surface area contributed by atoms with Gasteiger partial charge >= 0.3 is 0 Å². The molecule has 0 atom stereocenters. The maximum Gasteiger partial charge on any atom is 0.224 e. The van der Waals surface area contributed by atoms with E-state index < -0.39 is 0 Å². The smallest absolute Gasteiger partial charge is 0.224 e. The zero-order chi connectivity index (χ0) is 14.5. The molecule has 1 aromatic heterocycles. The third-order valence-corrected chi connectivity index (χ3v) is 2.95. The Morgan fingerprint density at radius 2 is 1.85 bits per heavy atom. The second kappa shape index (κ2) is 6.68. The van der Waals surface area contributed by atoms with Gasteiger partial charge in [-0.25, -0.2) is 4.98 Å². The third-order valence-electron chi connectivity index (χ3n) is 2.76. The van der Waals surface area contributed by atoms with Crippen LogP contribution in [-0.4, -0.2) is 17.1 Å². The number of halogens is 1. The van der Waals surface area contributed by atoms with Gasteiger partial charge in [0.1, 0.15) is 17.5 Å². The SMILES string of the molecule is COCc1nc(Cl)cc(Oc2ccc(C(C)C)cc2)n1. The van der Waals surface area contributed by atoms with Crippen LogP contribution in [0.1, 0.15) is 31.2 Å². The lowest BCUT2D eigenvalue weighted by atomic mass is 10.0. The van der Waals surface area contributed by atoms with Gasteiger partial charge in [0.15, 0.2) is 5.82 Å². The first kappa shape index (κ1) is 14.8. The van der Waals surface area contributed by atoms with Crippen LogP contribution in [0.2, 0.25) is 5.15 Å². The summed E-state index contributed by atoms with van der Waals surface area (Å²) in [5, 5.41) is 0.334. The topological polar surface area (TPSA) is 44.2 Å². The van der Waals surface area contributed by atoms with Crippen LogP contribution in [0.15, 0.2) is 30.3 Å². The molecule has 0 radical (unpaired) electrons. The Morgan fingerprint density at radius 1 is 1.15 bits per heavy atom. The van der Waals surface area contributed by atoms with Crippen molar-refractivity contribution >= 4 is 11.6 Å². The van der Waals surface area contributed by atoms with Crippen molar-refractivity contribution in [3.63, 3.8) is 0 Å². The first-order chi connectivity index (χ1) is 9.58. The minimum atomic E-state index is 0.295. The molecular weight excluding hydrogens is 276 g/mol. The molecule has 1 heterocycles. The van der Waals surface area contributed by atoms with Crippen LogP contribution in [0.25, 0.3) is 0 Å². The van der Waals surface area contributed by atoms with E-state index in [1.807, 2.05) is 24.3 Å². The highest BCUT2D eigenvalue weighted by Gasteiger charge is 2.06. The van der Waals surface area contributed by atoms with Gasteiger partial charge in [-0.15, -0.1) is 0 Å². The molecule has 0 fully saturated rings. The lowest BCUT2D eigenvalue weighted by Crippen LogP contribution is -1.99. The van der Waals surface area contributed by atoms with E-state index in [-0.39, 0.29) is 0 Å². The van der Waals surface area contributed by atoms with Crippen molar-refractivity contribution in [2.45, 2.75) is 26.4 Å². The van der Waals surface area contributed by atoms with Gasteiger partial charge in [-0.05, 0) is 23.6 Å². The van der Waals surface area contributed by atoms with Gasteiger partial charge in [-0.1, -0.05) is 37.6 Å². The molecule has 0 aliphatic rings. The molecule has 0 saturated heterocycles. The van der Waals surface area contributed by atoms with Gasteiger partial charge in [0, 0.05) is 13.2 Å². The highest BCUT2D eigenvalue weighted by Crippen LogP contribution is 2.24. The Labute approximate surface area is 123 Å². The van der Waals surface area contributed by atoms with Crippen molar-refractivity contribution in [1.82, 2.24) is 9.97 Å². The molecule has 0 saturated carbocycles. The minimum absolute atomic E-state index is 0.295. The summed E-state index contributed by atoms with van der Waals surface area (Å²) in [5.41, 5.74) is 1.26. The third kappa shape index (κ3) is 3.92. The second-order valence-electron chi connectivity index (χ2n) is 4.70. The molecule has 0 N–H and O–H groups in total. The fourth-order valence-electron chi connectivity index (χ4n) is 1.73. The number of hydrogen-bond acceptors (Lipinski definition) is 4. The van der Waals surface area contributed by atoms with Crippen LogP contribution in [0.3, 0.4) is 0 Å². The van der Waals surface area contributed by atoms with E-state index in [1.165, 1.54) is 5.56 Å². The molecule has 2 aromatic rings. The van der Waals surface area contributed by atoms with Crippen molar-refractivity contribution in [2.75, 3.05) is 7.11 Å². The first-order valence-corrected chi connectivity index (χ1v) is 6.76. The zero-order valence-electron chi connectivity index (χ0n) is 11.8. The number of ether oxygens (including phenoxy) is 2. The van der Waals surface area contributed by atoms with Crippen LogP contribution in [0.4, 0.5) is 0 Å². The van der Waals surface area contributed by atoms with Crippen molar-refractivity contribution in [3.8, 4) is 11.6 Å². The van der Waals surface area contributed by atoms with Gasteiger partial charge in [0.25, 0.3) is 0 Å². The summed E-state index contributed by atoms with van der Waals surface area (Å²) in [6.07, 6.45) is 0. The fourth-order valence-corrected chi connectivity index (χ4v) is 1.92. The summed E-state index contributed by atoms with van der Waals surface area (Å²) in [7, 11) is 1.58. The Morgan fingerprint density at radius 3 is 2.45 bits per heavy atom. The number of methoxy groups -OCH3 is 1. The zero-order valence-corrected chi connectivity index (χ0v) is 12.5. The average Bonchev–Trinajstić information content (AvgIpc) is 2.39. The van der Waals surface area contributed by atoms with E-state index in [1.54, 1.807) is 13.2 Å². The first-order valence-electron chi connectivity index (χ1n) is 6.38. The second-order valence-corrected chi connectivity index (χ2v) is 5.09. The predicted molar refractivity (Wildman–Crippen MR) is 78.4 cm³/mol. The Kier molecular flexibility index (Phi) is 4.93. The number of hydrogen-bond donors (Lipinski definition) is 0. The molecule has 0 bridgehead atoms. The summed E-state index contributed by atoms with van der Waals surface area (Å²) >= 11 is 5.93. The van der Waals surface area contributed by atoms with E-state index in [0.717, 1.165) is 0 Å². The van der Waals surface area contributed by atoms with Crippen molar-refractivity contribution < 1.29 is 9.47 Å². The molecule has 1 aromatic carbocycles. The molecule has 0 unspecified atom stereocenters. The van der Waals surface area contributed by atoms with E-state index in [9.17, 15) is 0 Å². The quantitative estimate of drug-likeness (QED) is 0.775. The standard InChI is InChI=1S/C15H17ClN2O2/c1-10(2)11-4-6-12(7-5-11)20-15-8-13(16)17-14(18-15)9-19-3/h4-8,10H,9H2,1-3H3. The maximum atomic E-state index is 5.93. The van der Waals surface area contributed by atoms with E-state index >= 15 is 0 Å². The average molecular weight is 293 g/mol. The lowest BCUT2D eigenvalue weighted by molar-refractivity contribution is 0.177. The predicted octanol–water partition coefficient (Wildman–Crippen LogP) is 4.19. The Balaban J connectivity index is 2.16. The van der Waals surface area contributed by atoms with Gasteiger partial charge in [0.2, 0.25) is 5.88 Å². The normalized spacial score (nSPS) is 10.8. The highest BCUT2D eigenvalue weighted by atomic mass is 35.5. The van der Waals surface area contributed by atoms with Gasteiger partial charge in [-0.3, -0.25) is 0 Å². The largest absolute Gasteiger partial charge is 0.439 e. The molecule has 20 heavy (non-hydrogen) atoms. The lowest BCUT2D eigenvalue weighted by Gasteiger charge is -2.09. The van der Waals surface area contributed by atoms with E-state index in [4.69, 9.17) is 21.1 Å². The van der Waals surface area contributed by atoms with Gasteiger partial charge in [-0.2, -0.15) is 4.98 Å². The molecule has 2 rings (SSSR count). The van der Waals surface area contributed by atoms with Crippen LogP contribution in [0, 0.1) is 0 Å². The van der Waals surface area contributed by atoms with Crippen LogP contribution >= 0.6 is 11.6 Å². The summed E-state index contributed by atoms with van der Waals surface area (Å²) in [6, 6.07) is 9.50. The summed E-state index contributed by atoms with van der Waals surface area (Å²) in [5.74, 6) is 2.11. The van der Waals surface area contributed by atoms with Crippen LogP contribution in [-0.2, 0) is 11.3 Å². The maximum absolute atomic E-state index is 5.93. The molecule has 0 aliphatic carbocycles. The van der Waals surface area contributed by atoms with E-state index in [2.05, 4.69) is 23.8 Å². The molecule has 0 amide bonds. The molecule has 4 nitrogen and oxygen atoms in total. The summed E-state index contributed by atoms with van der Waals surface area (Å²) in [6.45, 7) is 4.59. The van der Waals surface area contributed by atoms with E-state index in [0.29, 0.717) is 35.1 Å². The number of benzene rings is 1. The fraction of sp³-hybridized carbons (Fsp3) is 0.333. The van der Waals surface area contributed by atoms with Crippen LogP contribution in [0.5, 0.6) is 11.6 Å². The van der Waals surface area contributed by atoms with Crippen molar-refractivity contribution in [3.05, 3.63) is 46.9 Å². The van der Waals surface area contributed by atoms with Gasteiger partial charge in [0.05, 0.1) is 0 Å². The Hall–Kier alpha value is -1.65. The minimum Gasteiger partial charge on any atom is -0.439 e. The monoisotopic (exact) mass is 292 g/mol. The van der Waals surface area contributed by atoms with Crippen LogP contribution < -0.4 is 4.74 Å². The molecule has 0 aliphatic heterocycles. The number of rotatable bonds is 5. The summed E-state index contributed by atoms with van der Waals surface area (Å²) in [4.78, 5) is 8.29. The number of aromatic nitrogens is 2. The van der Waals surface area contributed by atoms with Crippen molar-refractivity contribution in [2.24, 2.45) is 0 Å². The molecule has 106 valence electrons. The highest BCUT2D eigenvalue weighted by molar-refractivity contribution is 6.29. The van der Waals surface area contributed by atoms with Gasteiger partial charge < -0.3 is 9.47 Å². The number of nitrogens with zero attached hydrogens (tertiary/aromatic N) is 2. The van der Waals surface area contributed by atoms with Crippen molar-refractivity contribution in [1.29, 1.82) is 0 Å². The molecular formula is C15H17ClN2O2. The Bertz CT molecular complexity index is 571. The summed E-state index contributed by atoms with van der Waals surface area (Å²) < 4.78 is 10.7. The molecule has 5 heteroatoms. The molecule has 0 spiro atoms.